The van der Waals surface area contributed by atoms with E-state index in [2.05, 4.69) is 58.6 Å². The molecule has 1 N–H and O–H groups in total. The first-order chi connectivity index (χ1) is 8.67. The van der Waals surface area contributed by atoms with Gasteiger partial charge < -0.3 is 10.1 Å². The van der Waals surface area contributed by atoms with Gasteiger partial charge >= 0.3 is 0 Å². The second-order valence-corrected chi connectivity index (χ2v) is 5.18. The first-order valence-corrected chi connectivity index (χ1v) is 7.58. The van der Waals surface area contributed by atoms with Crippen molar-refractivity contribution in [2.24, 2.45) is 0 Å². The third-order valence-corrected chi connectivity index (χ3v) is 3.84. The number of nitrogens with zero attached hydrogens (tertiary/aromatic N) is 2. The molecule has 0 saturated carbocycles. The van der Waals surface area contributed by atoms with Crippen LogP contribution >= 0.6 is 22.6 Å². The second kappa shape index (κ2) is 7.89. The van der Waals surface area contributed by atoms with Gasteiger partial charge in [0.05, 0.1) is 9.26 Å². The largest absolute Gasteiger partial charge is 0.373 e. The van der Waals surface area contributed by atoms with E-state index in [0.717, 1.165) is 46.7 Å². The van der Waals surface area contributed by atoms with Crippen molar-refractivity contribution in [2.45, 2.75) is 46.1 Å². The van der Waals surface area contributed by atoms with Crippen LogP contribution < -0.4 is 5.32 Å². The summed E-state index contributed by atoms with van der Waals surface area (Å²) in [4.78, 5) is 9.26. The summed E-state index contributed by atoms with van der Waals surface area (Å²) in [7, 11) is 1.71. The van der Waals surface area contributed by atoms with Crippen molar-refractivity contribution in [2.75, 3.05) is 19.0 Å². The molecule has 1 heterocycles. The van der Waals surface area contributed by atoms with Gasteiger partial charge in [-0.1, -0.05) is 20.3 Å². The van der Waals surface area contributed by atoms with Crippen molar-refractivity contribution in [1.29, 1.82) is 0 Å². The minimum Gasteiger partial charge on any atom is -0.373 e. The molecule has 1 atom stereocenters. The molecule has 5 heteroatoms. The first-order valence-electron chi connectivity index (χ1n) is 6.50. The van der Waals surface area contributed by atoms with Gasteiger partial charge in [-0.3, -0.25) is 0 Å². The highest BCUT2D eigenvalue weighted by atomic mass is 127. The number of aryl methyl sites for hydroxylation is 1. The van der Waals surface area contributed by atoms with Gasteiger partial charge in [-0.05, 0) is 42.4 Å². The molecule has 1 aromatic rings. The van der Waals surface area contributed by atoms with Crippen LogP contribution in [0, 0.1) is 3.57 Å². The molecule has 0 fully saturated rings. The maximum Gasteiger partial charge on any atom is 0.159 e. The number of nitrogens with one attached hydrogen (secondary N) is 1. The van der Waals surface area contributed by atoms with Crippen molar-refractivity contribution in [3.05, 3.63) is 15.1 Å². The number of hydrogen-bond donors (Lipinski definition) is 1. The van der Waals surface area contributed by atoms with Crippen molar-refractivity contribution < 1.29 is 4.74 Å². The van der Waals surface area contributed by atoms with E-state index in [0.29, 0.717) is 0 Å². The Morgan fingerprint density at radius 3 is 2.50 bits per heavy atom. The first kappa shape index (κ1) is 15.6. The third kappa shape index (κ3) is 3.78. The molecule has 0 aliphatic heterocycles. The Hall–Kier alpha value is -0.430. The van der Waals surface area contributed by atoms with Gasteiger partial charge in [0.2, 0.25) is 0 Å². The molecule has 1 unspecified atom stereocenters. The fourth-order valence-corrected chi connectivity index (χ4v) is 2.50. The van der Waals surface area contributed by atoms with Gasteiger partial charge in [-0.2, -0.15) is 0 Å². The SMILES string of the molecule is CCCc1nc(C(CC)OC)nc(NCC)c1I. The van der Waals surface area contributed by atoms with Crippen LogP contribution in [-0.4, -0.2) is 23.6 Å². The molecule has 102 valence electrons. The van der Waals surface area contributed by atoms with E-state index in [4.69, 9.17) is 4.74 Å². The summed E-state index contributed by atoms with van der Waals surface area (Å²) in [5.41, 5.74) is 1.12. The maximum atomic E-state index is 5.44. The Balaban J connectivity index is 3.18. The van der Waals surface area contributed by atoms with Gasteiger partial charge in [0.25, 0.3) is 0 Å². The minimum absolute atomic E-state index is 0.0185. The van der Waals surface area contributed by atoms with E-state index in [9.17, 15) is 0 Å². The van der Waals surface area contributed by atoms with E-state index < -0.39 is 0 Å². The standard InChI is InChI=1S/C13H22IN3O/c1-5-8-9-11(14)13(15-7-3)17-12(16-9)10(6-2)18-4/h10H,5-8H2,1-4H3,(H,15,16,17). The molecule has 0 spiro atoms. The average Bonchev–Trinajstić information content (AvgIpc) is 2.36. The maximum absolute atomic E-state index is 5.44. The van der Waals surface area contributed by atoms with Crippen LogP contribution in [0.15, 0.2) is 0 Å². The summed E-state index contributed by atoms with van der Waals surface area (Å²) in [6.45, 7) is 7.19. The van der Waals surface area contributed by atoms with Gasteiger partial charge in [0, 0.05) is 13.7 Å². The second-order valence-electron chi connectivity index (χ2n) is 4.10. The molecule has 0 bridgehead atoms. The van der Waals surface area contributed by atoms with Gasteiger partial charge in [-0.15, -0.1) is 0 Å². The molecule has 18 heavy (non-hydrogen) atoms. The Kier molecular flexibility index (Phi) is 6.85. The highest BCUT2D eigenvalue weighted by Gasteiger charge is 2.17. The topological polar surface area (TPSA) is 47.0 Å². The number of anilines is 1. The lowest BCUT2D eigenvalue weighted by Crippen LogP contribution is -2.13. The van der Waals surface area contributed by atoms with E-state index in [-0.39, 0.29) is 6.10 Å². The third-order valence-electron chi connectivity index (χ3n) is 2.71. The van der Waals surface area contributed by atoms with Crippen LogP contribution in [0.5, 0.6) is 0 Å². The van der Waals surface area contributed by atoms with Gasteiger partial charge in [0.15, 0.2) is 5.82 Å². The Morgan fingerprint density at radius 1 is 1.28 bits per heavy atom. The number of halogens is 1. The molecule has 1 aromatic heterocycles. The Labute approximate surface area is 123 Å². The van der Waals surface area contributed by atoms with E-state index in [1.165, 1.54) is 0 Å². The van der Waals surface area contributed by atoms with Gasteiger partial charge in [0.1, 0.15) is 11.9 Å². The molecule has 0 aliphatic carbocycles. The summed E-state index contributed by atoms with van der Waals surface area (Å²) in [5, 5.41) is 3.30. The normalized spacial score (nSPS) is 12.5. The zero-order valence-electron chi connectivity index (χ0n) is 11.6. The molecule has 0 aliphatic rings. The van der Waals surface area contributed by atoms with Crippen LogP contribution in [0.25, 0.3) is 0 Å². The van der Waals surface area contributed by atoms with Crippen molar-refractivity contribution in [1.82, 2.24) is 9.97 Å². The van der Waals surface area contributed by atoms with E-state index in [1.807, 2.05) is 0 Å². The number of methoxy groups -OCH3 is 1. The molecular formula is C13H22IN3O. The summed E-state index contributed by atoms with van der Waals surface area (Å²) in [6, 6.07) is 0. The zero-order chi connectivity index (χ0) is 13.5. The predicted octanol–water partition coefficient (Wildman–Crippen LogP) is 3.56. The molecule has 4 nitrogen and oxygen atoms in total. The highest BCUT2D eigenvalue weighted by molar-refractivity contribution is 14.1. The zero-order valence-corrected chi connectivity index (χ0v) is 13.7. The number of rotatable bonds is 7. The lowest BCUT2D eigenvalue weighted by atomic mass is 10.2. The quantitative estimate of drug-likeness (QED) is 0.753. The molecule has 1 rings (SSSR count). The summed E-state index contributed by atoms with van der Waals surface area (Å²) >= 11 is 2.32. The van der Waals surface area contributed by atoms with Crippen LogP contribution in [0.1, 0.15) is 51.2 Å². The molecule has 0 radical (unpaired) electrons. The number of ether oxygens (including phenoxy) is 1. The fourth-order valence-electron chi connectivity index (χ4n) is 1.80. The van der Waals surface area contributed by atoms with Crippen molar-refractivity contribution in [3.8, 4) is 0 Å². The number of hydrogen-bond acceptors (Lipinski definition) is 4. The van der Waals surface area contributed by atoms with E-state index in [1.54, 1.807) is 7.11 Å². The smallest absolute Gasteiger partial charge is 0.159 e. The molecule has 0 aromatic carbocycles. The highest BCUT2D eigenvalue weighted by Crippen LogP contribution is 2.24. The van der Waals surface area contributed by atoms with Gasteiger partial charge in [-0.25, -0.2) is 9.97 Å². The Bertz CT molecular complexity index is 353. The molecule has 0 saturated heterocycles. The number of aromatic nitrogens is 2. The van der Waals surface area contributed by atoms with Crippen LogP contribution in [0.4, 0.5) is 5.82 Å². The van der Waals surface area contributed by atoms with Crippen LogP contribution in [-0.2, 0) is 11.2 Å². The monoisotopic (exact) mass is 363 g/mol. The summed E-state index contributed by atoms with van der Waals surface area (Å²) < 4.78 is 6.57. The molecule has 0 amide bonds. The van der Waals surface area contributed by atoms with Crippen LogP contribution in [0.2, 0.25) is 0 Å². The Morgan fingerprint density at radius 2 is 2.00 bits per heavy atom. The van der Waals surface area contributed by atoms with E-state index >= 15 is 0 Å². The lowest BCUT2D eigenvalue weighted by Gasteiger charge is -2.16. The summed E-state index contributed by atoms with van der Waals surface area (Å²) in [5.74, 6) is 1.72. The van der Waals surface area contributed by atoms with Crippen molar-refractivity contribution >= 4 is 28.4 Å². The fraction of sp³-hybridized carbons (Fsp3) is 0.692. The van der Waals surface area contributed by atoms with Crippen LogP contribution in [0.3, 0.4) is 0 Å². The average molecular weight is 363 g/mol. The predicted molar refractivity (Wildman–Crippen MR) is 82.9 cm³/mol. The minimum atomic E-state index is -0.0185. The van der Waals surface area contributed by atoms with Crippen molar-refractivity contribution in [3.63, 3.8) is 0 Å². The molecular weight excluding hydrogens is 341 g/mol. The summed E-state index contributed by atoms with van der Waals surface area (Å²) in [6.07, 6.45) is 2.93. The lowest BCUT2D eigenvalue weighted by molar-refractivity contribution is 0.0924.